The summed E-state index contributed by atoms with van der Waals surface area (Å²) in [6, 6.07) is 5.76. The molecule has 0 atom stereocenters. The molecular formula is C14H20N2O2. The number of carbonyl (C=O) groups is 1. The summed E-state index contributed by atoms with van der Waals surface area (Å²) in [6.07, 6.45) is 2.47. The number of hydrogen-bond acceptors (Lipinski definition) is 3. The third kappa shape index (κ3) is 2.75. The molecule has 4 heteroatoms. The van der Waals surface area contributed by atoms with Gasteiger partial charge in [0.25, 0.3) is 5.91 Å². The van der Waals surface area contributed by atoms with Crippen molar-refractivity contribution < 1.29 is 9.53 Å². The summed E-state index contributed by atoms with van der Waals surface area (Å²) in [5.74, 6) is 0.677. The van der Waals surface area contributed by atoms with Crippen molar-refractivity contribution in [3.8, 4) is 5.75 Å². The SMILES string of the molecule is CN(C)C(=O)c1cc(N(C)C)ccc1OC1CC1. The van der Waals surface area contributed by atoms with Gasteiger partial charge in [-0.15, -0.1) is 0 Å². The number of amides is 1. The van der Waals surface area contributed by atoms with E-state index >= 15 is 0 Å². The molecule has 0 aromatic heterocycles. The van der Waals surface area contributed by atoms with Gasteiger partial charge in [-0.2, -0.15) is 0 Å². The number of rotatable bonds is 4. The molecule has 1 aliphatic rings. The smallest absolute Gasteiger partial charge is 0.257 e. The summed E-state index contributed by atoms with van der Waals surface area (Å²) in [7, 11) is 7.43. The molecule has 2 rings (SSSR count). The molecule has 0 unspecified atom stereocenters. The number of carbonyl (C=O) groups excluding carboxylic acids is 1. The van der Waals surface area contributed by atoms with Crippen molar-refractivity contribution in [2.75, 3.05) is 33.1 Å². The van der Waals surface area contributed by atoms with Gasteiger partial charge in [-0.1, -0.05) is 0 Å². The number of ether oxygens (including phenoxy) is 1. The van der Waals surface area contributed by atoms with Crippen LogP contribution in [-0.4, -0.2) is 45.1 Å². The fraction of sp³-hybridized carbons (Fsp3) is 0.500. The highest BCUT2D eigenvalue weighted by molar-refractivity contribution is 5.97. The van der Waals surface area contributed by atoms with E-state index in [4.69, 9.17) is 4.74 Å². The van der Waals surface area contributed by atoms with E-state index in [9.17, 15) is 4.79 Å². The topological polar surface area (TPSA) is 32.8 Å². The van der Waals surface area contributed by atoms with E-state index in [-0.39, 0.29) is 5.91 Å². The zero-order valence-corrected chi connectivity index (χ0v) is 11.4. The monoisotopic (exact) mass is 248 g/mol. The van der Waals surface area contributed by atoms with Crippen LogP contribution in [0.5, 0.6) is 5.75 Å². The van der Waals surface area contributed by atoms with Crippen molar-refractivity contribution in [3.63, 3.8) is 0 Å². The minimum Gasteiger partial charge on any atom is -0.490 e. The second kappa shape index (κ2) is 4.88. The lowest BCUT2D eigenvalue weighted by molar-refractivity contribution is 0.0823. The molecule has 1 aromatic carbocycles. The van der Waals surface area contributed by atoms with Gasteiger partial charge in [0.2, 0.25) is 0 Å². The van der Waals surface area contributed by atoms with Crippen LogP contribution in [0.1, 0.15) is 23.2 Å². The van der Waals surface area contributed by atoms with Crippen molar-refractivity contribution in [2.45, 2.75) is 18.9 Å². The molecule has 98 valence electrons. The predicted octanol–water partition coefficient (Wildman–Crippen LogP) is 2.00. The Bertz CT molecular complexity index is 451. The molecule has 0 bridgehead atoms. The average Bonchev–Trinajstić information content (AvgIpc) is 3.12. The van der Waals surface area contributed by atoms with Gasteiger partial charge < -0.3 is 14.5 Å². The predicted molar refractivity (Wildman–Crippen MR) is 72.4 cm³/mol. The first kappa shape index (κ1) is 12.7. The normalized spacial score (nSPS) is 14.2. The minimum absolute atomic E-state index is 0.0191. The summed E-state index contributed by atoms with van der Waals surface area (Å²) in [6.45, 7) is 0. The lowest BCUT2D eigenvalue weighted by Gasteiger charge is -2.18. The highest BCUT2D eigenvalue weighted by Crippen LogP contribution is 2.31. The number of hydrogen-bond donors (Lipinski definition) is 0. The zero-order valence-electron chi connectivity index (χ0n) is 11.4. The molecule has 0 saturated heterocycles. The summed E-state index contributed by atoms with van der Waals surface area (Å²) in [5.41, 5.74) is 1.64. The maximum Gasteiger partial charge on any atom is 0.257 e. The van der Waals surface area contributed by atoms with Crippen LogP contribution in [0.2, 0.25) is 0 Å². The zero-order chi connectivity index (χ0) is 13.3. The van der Waals surface area contributed by atoms with Crippen LogP contribution in [0.25, 0.3) is 0 Å². The summed E-state index contributed by atoms with van der Waals surface area (Å²) in [5, 5.41) is 0. The first-order valence-electron chi connectivity index (χ1n) is 6.18. The molecule has 4 nitrogen and oxygen atoms in total. The van der Waals surface area contributed by atoms with Gasteiger partial charge in [0.1, 0.15) is 5.75 Å². The molecule has 1 fully saturated rings. The van der Waals surface area contributed by atoms with Crippen LogP contribution in [0, 0.1) is 0 Å². The van der Waals surface area contributed by atoms with Crippen LogP contribution in [0.4, 0.5) is 5.69 Å². The molecule has 0 radical (unpaired) electrons. The van der Waals surface area contributed by atoms with Gasteiger partial charge >= 0.3 is 0 Å². The molecule has 1 aliphatic carbocycles. The van der Waals surface area contributed by atoms with Gasteiger partial charge in [0.15, 0.2) is 0 Å². The Kier molecular flexibility index (Phi) is 3.45. The van der Waals surface area contributed by atoms with Crippen molar-refractivity contribution in [3.05, 3.63) is 23.8 Å². The Balaban J connectivity index is 2.35. The van der Waals surface area contributed by atoms with E-state index in [0.29, 0.717) is 17.4 Å². The lowest BCUT2D eigenvalue weighted by atomic mass is 10.1. The third-order valence-electron chi connectivity index (χ3n) is 2.93. The Morgan fingerprint density at radius 1 is 1.22 bits per heavy atom. The Morgan fingerprint density at radius 2 is 1.89 bits per heavy atom. The molecule has 0 heterocycles. The lowest BCUT2D eigenvalue weighted by Crippen LogP contribution is -2.23. The van der Waals surface area contributed by atoms with Gasteiger partial charge in [0.05, 0.1) is 11.7 Å². The van der Waals surface area contributed by atoms with Crippen molar-refractivity contribution in [1.82, 2.24) is 4.90 Å². The van der Waals surface area contributed by atoms with Gasteiger partial charge in [0, 0.05) is 33.9 Å². The van der Waals surface area contributed by atoms with E-state index in [0.717, 1.165) is 18.5 Å². The molecule has 0 spiro atoms. The van der Waals surface area contributed by atoms with Crippen molar-refractivity contribution in [1.29, 1.82) is 0 Å². The van der Waals surface area contributed by atoms with E-state index in [1.807, 2.05) is 37.2 Å². The van der Waals surface area contributed by atoms with Crippen LogP contribution >= 0.6 is 0 Å². The van der Waals surface area contributed by atoms with Gasteiger partial charge in [-0.05, 0) is 31.0 Å². The highest BCUT2D eigenvalue weighted by atomic mass is 16.5. The molecule has 1 saturated carbocycles. The van der Waals surface area contributed by atoms with Gasteiger partial charge in [-0.3, -0.25) is 4.79 Å². The van der Waals surface area contributed by atoms with Crippen molar-refractivity contribution >= 4 is 11.6 Å². The van der Waals surface area contributed by atoms with E-state index in [2.05, 4.69) is 0 Å². The largest absolute Gasteiger partial charge is 0.490 e. The second-order valence-corrected chi connectivity index (χ2v) is 5.09. The van der Waals surface area contributed by atoms with Crippen LogP contribution in [0.3, 0.4) is 0 Å². The quantitative estimate of drug-likeness (QED) is 0.817. The second-order valence-electron chi connectivity index (χ2n) is 5.09. The first-order chi connectivity index (χ1) is 8.49. The standard InChI is InChI=1S/C14H20N2O2/c1-15(2)10-5-8-13(18-11-6-7-11)12(9-10)14(17)16(3)4/h5,8-9,11H,6-7H2,1-4H3. The van der Waals surface area contributed by atoms with E-state index < -0.39 is 0 Å². The molecule has 1 aromatic rings. The molecule has 0 aliphatic heterocycles. The molecular weight excluding hydrogens is 228 g/mol. The number of anilines is 1. The Labute approximate surface area is 108 Å². The van der Waals surface area contributed by atoms with Crippen LogP contribution in [0.15, 0.2) is 18.2 Å². The Morgan fingerprint density at radius 3 is 2.39 bits per heavy atom. The number of benzene rings is 1. The number of nitrogens with zero attached hydrogens (tertiary/aromatic N) is 2. The average molecular weight is 248 g/mol. The fourth-order valence-electron chi connectivity index (χ4n) is 1.67. The minimum atomic E-state index is -0.0191. The van der Waals surface area contributed by atoms with Gasteiger partial charge in [-0.25, -0.2) is 0 Å². The maximum atomic E-state index is 12.2. The van der Waals surface area contributed by atoms with Crippen LogP contribution < -0.4 is 9.64 Å². The van der Waals surface area contributed by atoms with E-state index in [1.54, 1.807) is 19.0 Å². The third-order valence-corrected chi connectivity index (χ3v) is 2.93. The highest BCUT2D eigenvalue weighted by Gasteiger charge is 2.26. The fourth-order valence-corrected chi connectivity index (χ4v) is 1.67. The summed E-state index contributed by atoms with van der Waals surface area (Å²) >= 11 is 0. The first-order valence-corrected chi connectivity index (χ1v) is 6.18. The molecule has 1 amide bonds. The van der Waals surface area contributed by atoms with Crippen LogP contribution in [-0.2, 0) is 0 Å². The summed E-state index contributed by atoms with van der Waals surface area (Å²) in [4.78, 5) is 15.7. The maximum absolute atomic E-state index is 12.2. The Hall–Kier alpha value is -1.71. The molecule has 0 N–H and O–H groups in total. The van der Waals surface area contributed by atoms with E-state index in [1.165, 1.54) is 0 Å². The molecule has 18 heavy (non-hydrogen) atoms. The summed E-state index contributed by atoms with van der Waals surface area (Å²) < 4.78 is 5.80. The van der Waals surface area contributed by atoms with Crippen molar-refractivity contribution in [2.24, 2.45) is 0 Å².